The first kappa shape index (κ1) is 17.9. The number of nitrogens with two attached hydrogens (primary N) is 2. The topological polar surface area (TPSA) is 95.6 Å². The SMILES string of the molecule is Nc1nc2cc(CCC3=CC(n4ccc5c(N)ncnc54)CC3)ccc2cc1Cl. The zero-order valence-electron chi connectivity index (χ0n) is 15.8. The van der Waals surface area contributed by atoms with E-state index < -0.39 is 0 Å². The van der Waals surface area contributed by atoms with Crippen molar-refractivity contribution >= 4 is 45.2 Å². The molecule has 3 heterocycles. The van der Waals surface area contributed by atoms with Crippen LogP contribution < -0.4 is 11.5 Å². The first-order valence-electron chi connectivity index (χ1n) is 9.70. The lowest BCUT2D eigenvalue weighted by atomic mass is 10.0. The molecule has 29 heavy (non-hydrogen) atoms. The fraction of sp³-hybridized carbons (Fsp3) is 0.227. The number of rotatable bonds is 4. The van der Waals surface area contributed by atoms with Gasteiger partial charge in [0.05, 0.1) is 22.0 Å². The number of nitrogen functional groups attached to an aromatic ring is 2. The van der Waals surface area contributed by atoms with Crippen molar-refractivity contribution in [2.45, 2.75) is 31.7 Å². The summed E-state index contributed by atoms with van der Waals surface area (Å²) in [6.07, 6.45) is 10.1. The van der Waals surface area contributed by atoms with Gasteiger partial charge in [-0.3, -0.25) is 0 Å². The molecule has 3 aromatic heterocycles. The maximum atomic E-state index is 6.06. The maximum absolute atomic E-state index is 6.06. The Morgan fingerprint density at radius 2 is 1.97 bits per heavy atom. The predicted octanol–water partition coefficient (Wildman–Crippen LogP) is 4.69. The molecule has 7 heteroatoms. The number of aryl methyl sites for hydroxylation is 1. The first-order chi connectivity index (χ1) is 14.1. The van der Waals surface area contributed by atoms with E-state index in [9.17, 15) is 0 Å². The molecule has 1 aromatic carbocycles. The Morgan fingerprint density at radius 1 is 1.07 bits per heavy atom. The van der Waals surface area contributed by atoms with Gasteiger partial charge < -0.3 is 16.0 Å². The van der Waals surface area contributed by atoms with E-state index in [0.29, 0.717) is 22.7 Å². The van der Waals surface area contributed by atoms with Gasteiger partial charge in [-0.2, -0.15) is 0 Å². The van der Waals surface area contributed by atoms with Crippen molar-refractivity contribution in [3.05, 3.63) is 65.1 Å². The Balaban J connectivity index is 1.33. The van der Waals surface area contributed by atoms with Crippen LogP contribution >= 0.6 is 11.6 Å². The largest absolute Gasteiger partial charge is 0.383 e. The molecule has 0 fully saturated rings. The van der Waals surface area contributed by atoms with Gasteiger partial charge in [0.25, 0.3) is 0 Å². The highest BCUT2D eigenvalue weighted by molar-refractivity contribution is 6.33. The molecular formula is C22H21ClN6. The molecule has 6 nitrogen and oxygen atoms in total. The van der Waals surface area contributed by atoms with E-state index >= 15 is 0 Å². The second kappa shape index (κ2) is 7.04. The minimum Gasteiger partial charge on any atom is -0.383 e. The highest BCUT2D eigenvalue weighted by atomic mass is 35.5. The number of aromatic nitrogens is 4. The minimum absolute atomic E-state index is 0.317. The fourth-order valence-electron chi connectivity index (χ4n) is 4.12. The van der Waals surface area contributed by atoms with Gasteiger partial charge in [-0.05, 0) is 49.4 Å². The number of halogens is 1. The highest BCUT2D eigenvalue weighted by Crippen LogP contribution is 2.34. The van der Waals surface area contributed by atoms with Gasteiger partial charge in [0.15, 0.2) is 0 Å². The van der Waals surface area contributed by atoms with Gasteiger partial charge in [-0.15, -0.1) is 0 Å². The molecule has 5 rings (SSSR count). The third kappa shape index (κ3) is 3.29. The Bertz CT molecular complexity index is 1260. The smallest absolute Gasteiger partial charge is 0.146 e. The van der Waals surface area contributed by atoms with Crippen LogP contribution in [0.2, 0.25) is 5.02 Å². The van der Waals surface area contributed by atoms with Crippen LogP contribution in [0.25, 0.3) is 21.9 Å². The van der Waals surface area contributed by atoms with Crippen LogP contribution in [0, 0.1) is 0 Å². The van der Waals surface area contributed by atoms with E-state index in [0.717, 1.165) is 47.6 Å². The zero-order valence-corrected chi connectivity index (χ0v) is 16.6. The molecule has 0 spiro atoms. The number of fused-ring (bicyclic) bond motifs is 2. The average molecular weight is 405 g/mol. The molecule has 0 aliphatic heterocycles. The molecule has 4 aromatic rings. The number of hydrogen-bond acceptors (Lipinski definition) is 5. The molecule has 1 aliphatic rings. The van der Waals surface area contributed by atoms with Gasteiger partial charge >= 0.3 is 0 Å². The third-order valence-corrected chi connectivity index (χ3v) is 5.99. The second-order valence-electron chi connectivity index (χ2n) is 7.53. The number of nitrogens with zero attached hydrogens (tertiary/aromatic N) is 4. The number of hydrogen-bond donors (Lipinski definition) is 2. The molecule has 146 valence electrons. The van der Waals surface area contributed by atoms with Crippen molar-refractivity contribution < 1.29 is 0 Å². The summed E-state index contributed by atoms with van der Waals surface area (Å²) >= 11 is 6.06. The molecule has 4 N–H and O–H groups in total. The van der Waals surface area contributed by atoms with Crippen molar-refractivity contribution in [2.75, 3.05) is 11.5 Å². The van der Waals surface area contributed by atoms with Crippen molar-refractivity contribution in [3.8, 4) is 0 Å². The van der Waals surface area contributed by atoms with Crippen LogP contribution in [0.4, 0.5) is 11.6 Å². The van der Waals surface area contributed by atoms with Gasteiger partial charge in [-0.25, -0.2) is 15.0 Å². The van der Waals surface area contributed by atoms with E-state index in [1.165, 1.54) is 17.5 Å². The van der Waals surface area contributed by atoms with Gasteiger partial charge in [0, 0.05) is 11.6 Å². The Labute approximate surface area is 173 Å². The first-order valence-corrected chi connectivity index (χ1v) is 10.1. The monoisotopic (exact) mass is 404 g/mol. The highest BCUT2D eigenvalue weighted by Gasteiger charge is 2.19. The van der Waals surface area contributed by atoms with E-state index in [1.54, 1.807) is 0 Å². The number of benzene rings is 1. The molecule has 0 saturated carbocycles. The van der Waals surface area contributed by atoms with Crippen molar-refractivity contribution in [1.29, 1.82) is 0 Å². The van der Waals surface area contributed by atoms with E-state index in [-0.39, 0.29) is 0 Å². The summed E-state index contributed by atoms with van der Waals surface area (Å²) in [4.78, 5) is 12.9. The van der Waals surface area contributed by atoms with Crippen LogP contribution in [-0.4, -0.2) is 19.5 Å². The summed E-state index contributed by atoms with van der Waals surface area (Å²) < 4.78 is 2.20. The molecular weight excluding hydrogens is 384 g/mol. The lowest BCUT2D eigenvalue weighted by Crippen LogP contribution is -2.03. The second-order valence-corrected chi connectivity index (χ2v) is 7.94. The van der Waals surface area contributed by atoms with Crippen molar-refractivity contribution in [2.24, 2.45) is 0 Å². The average Bonchev–Trinajstić information content (AvgIpc) is 3.35. The summed E-state index contributed by atoms with van der Waals surface area (Å²) in [5.74, 6) is 0.906. The van der Waals surface area contributed by atoms with Gasteiger partial charge in [0.1, 0.15) is 23.6 Å². The standard InChI is InChI=1S/C22H21ClN6/c23-18-11-15-5-3-14(10-19(15)28-21(18)25)2-1-13-4-6-16(9-13)29-8-7-17-20(24)26-12-27-22(17)29/h3,5,7-12,16H,1-2,4,6H2,(H2,25,28)(H2,24,26,27). The fourth-order valence-corrected chi connectivity index (χ4v) is 4.28. The van der Waals surface area contributed by atoms with E-state index in [2.05, 4.69) is 50.0 Å². The van der Waals surface area contributed by atoms with E-state index in [1.807, 2.05) is 12.1 Å². The van der Waals surface area contributed by atoms with Crippen LogP contribution in [0.1, 0.15) is 30.9 Å². The normalized spacial score (nSPS) is 16.6. The lowest BCUT2D eigenvalue weighted by Gasteiger charge is -2.10. The third-order valence-electron chi connectivity index (χ3n) is 5.68. The molecule has 1 aliphatic carbocycles. The number of anilines is 2. The van der Waals surface area contributed by atoms with Crippen molar-refractivity contribution in [3.63, 3.8) is 0 Å². The lowest BCUT2D eigenvalue weighted by molar-refractivity contribution is 0.603. The quantitative estimate of drug-likeness (QED) is 0.481. The minimum atomic E-state index is 0.317. The van der Waals surface area contributed by atoms with Crippen LogP contribution in [0.15, 0.2) is 54.5 Å². The molecule has 1 unspecified atom stereocenters. The summed E-state index contributed by atoms with van der Waals surface area (Å²) in [7, 11) is 0. The summed E-state index contributed by atoms with van der Waals surface area (Å²) in [5, 5.41) is 2.42. The Hall–Kier alpha value is -3.12. The van der Waals surface area contributed by atoms with Crippen LogP contribution in [0.5, 0.6) is 0 Å². The molecule has 0 radical (unpaired) electrons. The summed E-state index contributed by atoms with van der Waals surface area (Å²) in [6, 6.07) is 10.5. The van der Waals surface area contributed by atoms with Crippen molar-refractivity contribution in [1.82, 2.24) is 19.5 Å². The number of allylic oxidation sites excluding steroid dienone is 2. The Morgan fingerprint density at radius 3 is 2.86 bits per heavy atom. The molecule has 1 atom stereocenters. The van der Waals surface area contributed by atoms with Gasteiger partial charge in [0.2, 0.25) is 0 Å². The van der Waals surface area contributed by atoms with Crippen LogP contribution in [-0.2, 0) is 6.42 Å². The maximum Gasteiger partial charge on any atom is 0.146 e. The predicted molar refractivity (Wildman–Crippen MR) is 118 cm³/mol. The molecule has 0 saturated heterocycles. The summed E-state index contributed by atoms with van der Waals surface area (Å²) in [5.41, 5.74) is 16.3. The zero-order chi connectivity index (χ0) is 20.0. The van der Waals surface area contributed by atoms with Gasteiger partial charge in [-0.1, -0.05) is 35.4 Å². The van der Waals surface area contributed by atoms with Crippen LogP contribution in [0.3, 0.4) is 0 Å². The molecule has 0 amide bonds. The molecule has 0 bridgehead atoms. The Kier molecular flexibility index (Phi) is 4.36. The van der Waals surface area contributed by atoms with E-state index in [4.69, 9.17) is 23.1 Å². The number of pyridine rings is 1. The summed E-state index contributed by atoms with van der Waals surface area (Å²) in [6.45, 7) is 0.